The molecule has 2 aromatic rings. The van der Waals surface area contributed by atoms with Gasteiger partial charge >= 0.3 is 6.09 Å². The summed E-state index contributed by atoms with van der Waals surface area (Å²) in [6, 6.07) is 18.0. The number of anilines is 1. The van der Waals surface area contributed by atoms with Gasteiger partial charge in [-0.05, 0) is 61.6 Å². The Morgan fingerprint density at radius 1 is 0.897 bits per heavy atom. The number of carbonyl (C=O) groups excluding carboxylic acids is 1. The number of nitrogens with zero attached hydrogens (tertiary/aromatic N) is 1. The number of benzene rings is 2. The van der Waals surface area contributed by atoms with Crippen LogP contribution in [0.5, 0.6) is 0 Å². The van der Waals surface area contributed by atoms with E-state index >= 15 is 0 Å². The monoisotopic (exact) mass is 530 g/mol. The van der Waals surface area contributed by atoms with E-state index in [0.717, 1.165) is 48.7 Å². The quantitative estimate of drug-likeness (QED) is 0.311. The minimum Gasteiger partial charge on any atom is -0.446 e. The highest BCUT2D eigenvalue weighted by Gasteiger charge is 2.50. The minimum absolute atomic E-state index is 0.00141. The zero-order valence-electron chi connectivity index (χ0n) is 24.7. The fourth-order valence-corrected chi connectivity index (χ4v) is 5.76. The molecule has 39 heavy (non-hydrogen) atoms. The third kappa shape index (κ3) is 9.10. The van der Waals surface area contributed by atoms with E-state index < -0.39 is 0 Å². The largest absolute Gasteiger partial charge is 0.446 e. The van der Waals surface area contributed by atoms with Crippen molar-refractivity contribution < 1.29 is 9.53 Å². The summed E-state index contributed by atoms with van der Waals surface area (Å²) in [6.45, 7) is 11.2. The second-order valence-electron chi connectivity index (χ2n) is 10.4. The number of hydrogen-bond acceptors (Lipinski definition) is 3. The molecule has 1 saturated heterocycles. The summed E-state index contributed by atoms with van der Waals surface area (Å²) in [6.07, 6.45) is 18.8. The molecule has 1 saturated carbocycles. The molecule has 2 aliphatic carbocycles. The molecule has 0 radical (unpaired) electrons. The van der Waals surface area contributed by atoms with Crippen LogP contribution in [0.1, 0.15) is 79.1 Å². The second-order valence-corrected chi connectivity index (χ2v) is 10.4. The van der Waals surface area contributed by atoms with Gasteiger partial charge < -0.3 is 9.64 Å². The van der Waals surface area contributed by atoms with Crippen LogP contribution in [0.3, 0.4) is 0 Å². The third-order valence-electron chi connectivity index (χ3n) is 7.98. The Labute approximate surface area is 237 Å². The summed E-state index contributed by atoms with van der Waals surface area (Å²) < 4.78 is 5.78. The highest BCUT2D eigenvalue weighted by atomic mass is 16.6. The molecule has 3 aliphatic rings. The fraction of sp³-hybridized carbons (Fsp3) is 0.514. The Bertz CT molecular complexity index is 1040. The van der Waals surface area contributed by atoms with Crippen LogP contribution in [0.25, 0.3) is 11.1 Å². The molecule has 5 rings (SSSR count). The van der Waals surface area contributed by atoms with E-state index in [1.165, 1.54) is 45.1 Å². The molecule has 4 heteroatoms. The number of hydrogen-bond donors (Lipinski definition) is 1. The number of fused-ring (bicyclic) bond motifs is 1. The van der Waals surface area contributed by atoms with Crippen LogP contribution in [0, 0.1) is 11.3 Å². The number of amides is 1. The highest BCUT2D eigenvalue weighted by Crippen LogP contribution is 2.59. The van der Waals surface area contributed by atoms with E-state index in [1.54, 1.807) is 0 Å². The summed E-state index contributed by atoms with van der Waals surface area (Å²) in [7, 11) is 0. The standard InChI is InChI=1S/C31H38N2O2.2C2H6/c34-30(32-29-16-7-6-15-28(29)25-12-4-3-5-13-25)35-27-17-22-33(23-18-27)21-11-2-1-9-19-31-20-10-8-14-26(31)24-31;2*1-2/h3-8,10,12-16,20,26-27H,1-2,9,11,17-19,21-24H2,(H,32,34);2*1-2H3. The summed E-state index contributed by atoms with van der Waals surface area (Å²) >= 11 is 0. The van der Waals surface area contributed by atoms with Gasteiger partial charge in [-0.1, -0.05) is 120 Å². The van der Waals surface area contributed by atoms with Crippen LogP contribution in [-0.4, -0.2) is 36.7 Å². The van der Waals surface area contributed by atoms with Crippen LogP contribution >= 0.6 is 0 Å². The molecule has 1 N–H and O–H groups in total. The number of ether oxygens (including phenoxy) is 1. The van der Waals surface area contributed by atoms with Crippen LogP contribution < -0.4 is 5.32 Å². The van der Waals surface area contributed by atoms with Gasteiger partial charge in [0.2, 0.25) is 0 Å². The topological polar surface area (TPSA) is 41.6 Å². The molecule has 1 heterocycles. The van der Waals surface area contributed by atoms with Crippen molar-refractivity contribution in [3.63, 3.8) is 0 Å². The number of likely N-dealkylation sites (tertiary alicyclic amines) is 1. The lowest BCUT2D eigenvalue weighted by atomic mass is 9.92. The normalized spacial score (nSPS) is 21.5. The second kappa shape index (κ2) is 16.3. The first kappa shape index (κ1) is 30.7. The van der Waals surface area contributed by atoms with Gasteiger partial charge in [0.25, 0.3) is 0 Å². The van der Waals surface area contributed by atoms with Gasteiger partial charge in [0.1, 0.15) is 6.10 Å². The smallest absolute Gasteiger partial charge is 0.411 e. The number of rotatable bonds is 10. The lowest BCUT2D eigenvalue weighted by Crippen LogP contribution is -2.38. The number of unbranched alkanes of at least 4 members (excludes halogenated alkanes) is 3. The Morgan fingerprint density at radius 3 is 2.33 bits per heavy atom. The molecule has 2 unspecified atom stereocenters. The van der Waals surface area contributed by atoms with Crippen molar-refractivity contribution in [1.29, 1.82) is 0 Å². The molecule has 2 aromatic carbocycles. The molecular formula is C35H50N2O2. The van der Waals surface area contributed by atoms with Crippen molar-refractivity contribution in [2.24, 2.45) is 11.3 Å². The minimum atomic E-state index is -0.354. The van der Waals surface area contributed by atoms with Crippen LogP contribution in [0.15, 0.2) is 78.9 Å². The fourth-order valence-electron chi connectivity index (χ4n) is 5.76. The molecule has 4 nitrogen and oxygen atoms in total. The average Bonchev–Trinajstić information content (AvgIpc) is 3.73. The Hall–Kier alpha value is -2.85. The molecule has 2 fully saturated rings. The van der Waals surface area contributed by atoms with E-state index in [4.69, 9.17) is 4.74 Å². The summed E-state index contributed by atoms with van der Waals surface area (Å²) in [5.41, 5.74) is 3.40. The van der Waals surface area contributed by atoms with Gasteiger partial charge in [-0.15, -0.1) is 0 Å². The maximum Gasteiger partial charge on any atom is 0.411 e. The van der Waals surface area contributed by atoms with E-state index in [1.807, 2.05) is 70.2 Å². The maximum absolute atomic E-state index is 12.6. The number of carbonyl (C=O) groups is 1. The summed E-state index contributed by atoms with van der Waals surface area (Å²) in [4.78, 5) is 15.1. The number of nitrogens with one attached hydrogen (secondary N) is 1. The van der Waals surface area contributed by atoms with Gasteiger partial charge in [0.15, 0.2) is 0 Å². The van der Waals surface area contributed by atoms with E-state index in [2.05, 4.69) is 46.7 Å². The zero-order valence-corrected chi connectivity index (χ0v) is 24.7. The summed E-state index contributed by atoms with van der Waals surface area (Å²) in [5.74, 6) is 0.830. The van der Waals surface area contributed by atoms with Crippen molar-refractivity contribution in [3.8, 4) is 11.1 Å². The van der Waals surface area contributed by atoms with Gasteiger partial charge in [-0.3, -0.25) is 5.32 Å². The molecule has 1 aliphatic heterocycles. The Balaban J connectivity index is 0.00000100. The van der Waals surface area contributed by atoms with Gasteiger partial charge in [0, 0.05) is 18.7 Å². The molecule has 1 amide bonds. The summed E-state index contributed by atoms with van der Waals surface area (Å²) in [5, 5.41) is 2.97. The molecule has 0 spiro atoms. The Kier molecular flexibility index (Phi) is 12.8. The van der Waals surface area contributed by atoms with Crippen molar-refractivity contribution in [1.82, 2.24) is 4.90 Å². The first-order valence-electron chi connectivity index (χ1n) is 15.4. The lowest BCUT2D eigenvalue weighted by molar-refractivity contribution is 0.0584. The SMILES string of the molecule is CC.CC.O=C(Nc1ccccc1-c1ccccc1)OC1CCN(CCCCCCC23C=CC=CC2C3)CC1. The van der Waals surface area contributed by atoms with Crippen molar-refractivity contribution >= 4 is 11.8 Å². The van der Waals surface area contributed by atoms with Crippen molar-refractivity contribution in [2.75, 3.05) is 25.0 Å². The van der Waals surface area contributed by atoms with E-state index in [0.29, 0.717) is 5.41 Å². The molecule has 0 bridgehead atoms. The lowest BCUT2D eigenvalue weighted by Gasteiger charge is -2.31. The van der Waals surface area contributed by atoms with Crippen LogP contribution in [-0.2, 0) is 4.74 Å². The van der Waals surface area contributed by atoms with Crippen LogP contribution in [0.4, 0.5) is 10.5 Å². The van der Waals surface area contributed by atoms with E-state index in [-0.39, 0.29) is 12.2 Å². The predicted octanol–water partition coefficient (Wildman–Crippen LogP) is 9.50. The zero-order chi connectivity index (χ0) is 27.9. The first-order valence-corrected chi connectivity index (χ1v) is 15.4. The number of allylic oxidation sites excluding steroid dienone is 4. The van der Waals surface area contributed by atoms with Gasteiger partial charge in [-0.25, -0.2) is 4.79 Å². The number of para-hydroxylation sites is 1. The third-order valence-corrected chi connectivity index (χ3v) is 7.98. The van der Waals surface area contributed by atoms with Crippen molar-refractivity contribution in [2.45, 2.75) is 85.2 Å². The Morgan fingerprint density at radius 2 is 1.59 bits per heavy atom. The molecule has 2 atom stereocenters. The van der Waals surface area contributed by atoms with Crippen LogP contribution in [0.2, 0.25) is 0 Å². The molecule has 212 valence electrons. The predicted molar refractivity (Wildman–Crippen MR) is 166 cm³/mol. The molecular weight excluding hydrogens is 480 g/mol. The van der Waals surface area contributed by atoms with Crippen molar-refractivity contribution in [3.05, 3.63) is 78.9 Å². The average molecular weight is 531 g/mol. The van der Waals surface area contributed by atoms with E-state index in [9.17, 15) is 4.79 Å². The van der Waals surface area contributed by atoms with Gasteiger partial charge in [-0.2, -0.15) is 0 Å². The maximum atomic E-state index is 12.6. The van der Waals surface area contributed by atoms with Gasteiger partial charge in [0.05, 0.1) is 5.69 Å². The first-order chi connectivity index (χ1) is 19.2. The highest BCUT2D eigenvalue weighted by molar-refractivity contribution is 5.91. The molecule has 0 aromatic heterocycles. The number of piperidine rings is 1.